The molecule has 28 heavy (non-hydrogen) atoms. The zero-order valence-corrected chi connectivity index (χ0v) is 16.9. The normalized spacial score (nSPS) is 13.6. The van der Waals surface area contributed by atoms with Crippen molar-refractivity contribution in [3.63, 3.8) is 0 Å². The van der Waals surface area contributed by atoms with E-state index in [4.69, 9.17) is 4.74 Å². The van der Waals surface area contributed by atoms with Gasteiger partial charge in [0.05, 0.1) is 11.5 Å². The summed E-state index contributed by atoms with van der Waals surface area (Å²) in [6.45, 7) is 1.72. The molecule has 0 atom stereocenters. The predicted octanol–water partition coefficient (Wildman–Crippen LogP) is 4.50. The van der Waals surface area contributed by atoms with E-state index in [-0.39, 0.29) is 18.3 Å². The van der Waals surface area contributed by atoms with Gasteiger partial charge in [0.15, 0.2) is 0 Å². The van der Waals surface area contributed by atoms with E-state index in [0.29, 0.717) is 22.4 Å². The van der Waals surface area contributed by atoms with E-state index < -0.39 is 0 Å². The number of carbonyl (C=O) groups excluding carboxylic acids is 1. The first-order valence-corrected chi connectivity index (χ1v) is 10.2. The average Bonchev–Trinajstić information content (AvgIpc) is 3.06. The highest BCUT2D eigenvalue weighted by atomic mass is 32.1. The Morgan fingerprint density at radius 3 is 3.00 bits per heavy atom. The summed E-state index contributed by atoms with van der Waals surface area (Å²) in [6.07, 6.45) is 2.21. The number of methoxy groups -OCH3 is 1. The fourth-order valence-corrected chi connectivity index (χ4v) is 4.98. The minimum atomic E-state index is -0.321. The largest absolute Gasteiger partial charge is 0.380 e. The molecule has 3 aromatic rings. The number of rotatable bonds is 5. The molecule has 6 heteroatoms. The molecule has 2 heterocycles. The molecule has 0 fully saturated rings. The Kier molecular flexibility index (Phi) is 5.33. The number of ether oxygens (including phenoxy) is 1. The lowest BCUT2D eigenvalue weighted by atomic mass is 9.99. The van der Waals surface area contributed by atoms with Crippen molar-refractivity contribution in [1.82, 2.24) is 5.32 Å². The number of hydrogen-bond donors (Lipinski definition) is 1. The average molecular weight is 399 g/mol. The molecule has 0 unspecified atom stereocenters. The molecule has 0 radical (unpaired) electrons. The molecule has 1 aliphatic heterocycles. The lowest BCUT2D eigenvalue weighted by molar-refractivity contribution is 0.0950. The van der Waals surface area contributed by atoms with Crippen LogP contribution in [0.1, 0.15) is 32.8 Å². The van der Waals surface area contributed by atoms with Gasteiger partial charge in [-0.25, -0.2) is 4.39 Å². The number of halogens is 1. The summed E-state index contributed by atoms with van der Waals surface area (Å²) in [6, 6.07) is 11.3. The van der Waals surface area contributed by atoms with Crippen molar-refractivity contribution in [1.29, 1.82) is 0 Å². The molecule has 0 bridgehead atoms. The third-order valence-corrected chi connectivity index (χ3v) is 6.40. The Labute approximate surface area is 167 Å². The van der Waals surface area contributed by atoms with Crippen molar-refractivity contribution in [3.8, 4) is 0 Å². The third-order valence-electron chi connectivity index (χ3n) is 5.21. The third kappa shape index (κ3) is 3.50. The minimum Gasteiger partial charge on any atom is -0.380 e. The summed E-state index contributed by atoms with van der Waals surface area (Å²) in [4.78, 5) is 15.6. The summed E-state index contributed by atoms with van der Waals surface area (Å²) in [7, 11) is 3.66. The van der Waals surface area contributed by atoms with Crippen LogP contribution in [-0.4, -0.2) is 26.6 Å². The fraction of sp³-hybridized carbons (Fsp3) is 0.318. The number of thiophene rings is 1. The van der Waals surface area contributed by atoms with E-state index in [1.165, 1.54) is 28.7 Å². The van der Waals surface area contributed by atoms with E-state index in [2.05, 4.69) is 35.5 Å². The molecule has 1 amide bonds. The van der Waals surface area contributed by atoms with Gasteiger partial charge < -0.3 is 15.0 Å². The van der Waals surface area contributed by atoms with Gasteiger partial charge >= 0.3 is 0 Å². The molecule has 1 aromatic heterocycles. The molecule has 4 rings (SSSR count). The van der Waals surface area contributed by atoms with Gasteiger partial charge in [-0.05, 0) is 42.2 Å². The Morgan fingerprint density at radius 2 is 2.18 bits per heavy atom. The van der Waals surface area contributed by atoms with Crippen LogP contribution in [0, 0.1) is 5.82 Å². The van der Waals surface area contributed by atoms with Crippen molar-refractivity contribution < 1.29 is 13.9 Å². The van der Waals surface area contributed by atoms with E-state index in [1.807, 2.05) is 6.07 Å². The van der Waals surface area contributed by atoms with E-state index in [1.54, 1.807) is 13.2 Å². The lowest BCUT2D eigenvalue weighted by Gasteiger charge is -2.27. The Hall–Kier alpha value is -2.44. The maximum atomic E-state index is 14.3. The number of anilines is 1. The van der Waals surface area contributed by atoms with Gasteiger partial charge in [-0.3, -0.25) is 4.79 Å². The first-order chi connectivity index (χ1) is 13.6. The summed E-state index contributed by atoms with van der Waals surface area (Å²) in [5.41, 5.74) is 4.28. The molecule has 0 aliphatic carbocycles. The minimum absolute atomic E-state index is 0.192. The summed E-state index contributed by atoms with van der Waals surface area (Å²) >= 11 is 1.31. The summed E-state index contributed by atoms with van der Waals surface area (Å²) in [5.74, 6) is -0.513. The van der Waals surface area contributed by atoms with Gasteiger partial charge in [0, 0.05) is 48.6 Å². The van der Waals surface area contributed by atoms with Crippen molar-refractivity contribution in [2.24, 2.45) is 0 Å². The topological polar surface area (TPSA) is 41.6 Å². The monoisotopic (exact) mass is 398 g/mol. The van der Waals surface area contributed by atoms with Gasteiger partial charge in [-0.2, -0.15) is 0 Å². The van der Waals surface area contributed by atoms with E-state index in [0.717, 1.165) is 29.6 Å². The number of nitrogens with zero attached hydrogens (tertiary/aromatic N) is 1. The SMILES string of the molecule is COCc1c(C(=O)NCc2ccc3c(c2)CCCN3C)sc2cccc(F)c12. The van der Waals surface area contributed by atoms with Crippen LogP contribution in [0.5, 0.6) is 0 Å². The zero-order chi connectivity index (χ0) is 19.7. The number of amides is 1. The second-order valence-corrected chi connectivity index (χ2v) is 8.18. The van der Waals surface area contributed by atoms with Crippen molar-refractivity contribution in [2.45, 2.75) is 26.0 Å². The molecular weight excluding hydrogens is 375 g/mol. The van der Waals surface area contributed by atoms with Crippen LogP contribution in [0.25, 0.3) is 10.1 Å². The van der Waals surface area contributed by atoms with Gasteiger partial charge in [0.25, 0.3) is 5.91 Å². The van der Waals surface area contributed by atoms with Crippen LogP contribution >= 0.6 is 11.3 Å². The molecule has 0 saturated heterocycles. The van der Waals surface area contributed by atoms with Gasteiger partial charge in [0.2, 0.25) is 0 Å². The highest BCUT2D eigenvalue weighted by molar-refractivity contribution is 7.21. The molecular formula is C22H23FN2O2S. The van der Waals surface area contributed by atoms with Crippen molar-refractivity contribution in [2.75, 3.05) is 25.6 Å². The number of carbonyl (C=O) groups is 1. The highest BCUT2D eigenvalue weighted by Gasteiger charge is 2.21. The molecule has 2 aromatic carbocycles. The molecule has 1 aliphatic rings. The van der Waals surface area contributed by atoms with Crippen LogP contribution in [0.3, 0.4) is 0 Å². The van der Waals surface area contributed by atoms with Crippen LogP contribution in [0.2, 0.25) is 0 Å². The van der Waals surface area contributed by atoms with E-state index in [9.17, 15) is 9.18 Å². The van der Waals surface area contributed by atoms with Gasteiger partial charge in [-0.1, -0.05) is 18.2 Å². The van der Waals surface area contributed by atoms with Crippen LogP contribution in [0.4, 0.5) is 10.1 Å². The Bertz CT molecular complexity index is 1030. The Balaban J connectivity index is 1.56. The number of aryl methyl sites for hydroxylation is 1. The first-order valence-electron chi connectivity index (χ1n) is 9.38. The fourth-order valence-electron chi connectivity index (χ4n) is 3.84. The second-order valence-electron chi connectivity index (χ2n) is 7.13. The molecule has 0 saturated carbocycles. The predicted molar refractivity (Wildman–Crippen MR) is 112 cm³/mol. The first kappa shape index (κ1) is 18.9. The molecule has 1 N–H and O–H groups in total. The van der Waals surface area contributed by atoms with Crippen LogP contribution < -0.4 is 10.2 Å². The standard InChI is InChI=1S/C22H23FN2O2S/c1-25-10-4-5-15-11-14(8-9-18(15)25)12-24-22(26)21-16(13-27-2)20-17(23)6-3-7-19(20)28-21/h3,6-9,11H,4-5,10,12-13H2,1-2H3,(H,24,26). The maximum absolute atomic E-state index is 14.3. The summed E-state index contributed by atoms with van der Waals surface area (Å²) < 4.78 is 20.3. The van der Waals surface area contributed by atoms with E-state index >= 15 is 0 Å². The molecule has 4 nitrogen and oxygen atoms in total. The van der Waals surface area contributed by atoms with Gasteiger partial charge in [-0.15, -0.1) is 11.3 Å². The van der Waals surface area contributed by atoms with Crippen molar-refractivity contribution in [3.05, 3.63) is 63.8 Å². The smallest absolute Gasteiger partial charge is 0.262 e. The lowest BCUT2D eigenvalue weighted by Crippen LogP contribution is -2.26. The number of hydrogen-bond acceptors (Lipinski definition) is 4. The molecule has 146 valence electrons. The molecule has 0 spiro atoms. The Morgan fingerprint density at radius 1 is 1.32 bits per heavy atom. The summed E-state index contributed by atoms with van der Waals surface area (Å²) in [5, 5.41) is 3.48. The number of fused-ring (bicyclic) bond motifs is 2. The highest BCUT2D eigenvalue weighted by Crippen LogP contribution is 2.34. The van der Waals surface area contributed by atoms with Crippen LogP contribution in [-0.2, 0) is 24.3 Å². The van der Waals surface area contributed by atoms with Crippen molar-refractivity contribution >= 4 is 33.0 Å². The zero-order valence-electron chi connectivity index (χ0n) is 16.0. The number of nitrogens with one attached hydrogen (secondary N) is 1. The quantitative estimate of drug-likeness (QED) is 0.688. The van der Waals surface area contributed by atoms with Crippen LogP contribution in [0.15, 0.2) is 36.4 Å². The van der Waals surface area contributed by atoms with Gasteiger partial charge in [0.1, 0.15) is 5.82 Å². The number of benzene rings is 2. The second kappa shape index (κ2) is 7.89. The maximum Gasteiger partial charge on any atom is 0.262 e.